The third-order valence-corrected chi connectivity index (χ3v) is 4.93. The van der Waals surface area contributed by atoms with E-state index in [2.05, 4.69) is 0 Å². The molecule has 1 unspecified atom stereocenters. The first kappa shape index (κ1) is 14.3. The number of aliphatic hydroxyl groups excluding tert-OH is 1. The summed E-state index contributed by atoms with van der Waals surface area (Å²) in [4.78, 5) is 0. The van der Waals surface area contributed by atoms with Crippen LogP contribution in [0.4, 0.5) is 0 Å². The van der Waals surface area contributed by atoms with Crippen molar-refractivity contribution in [2.24, 2.45) is 5.92 Å². The lowest BCUT2D eigenvalue weighted by Gasteiger charge is -2.14. The second-order valence-electron chi connectivity index (χ2n) is 6.56. The molecule has 0 saturated heterocycles. The summed E-state index contributed by atoms with van der Waals surface area (Å²) in [5.41, 5.74) is -0.500. The summed E-state index contributed by atoms with van der Waals surface area (Å²) in [5.74, 6) is 0.183. The van der Waals surface area contributed by atoms with Crippen LogP contribution in [0.5, 0.6) is 0 Å². The van der Waals surface area contributed by atoms with Crippen LogP contribution in [-0.4, -0.2) is 21.9 Å². The van der Waals surface area contributed by atoms with Gasteiger partial charge in [0.15, 0.2) is 0 Å². The Bertz CT molecular complexity index is 241. The molecule has 0 aromatic rings. The lowest BCUT2D eigenvalue weighted by atomic mass is 10.0. The minimum atomic E-state index is -0.500. The average Bonchev–Trinajstić information content (AvgIpc) is 3.02. The van der Waals surface area contributed by atoms with Crippen molar-refractivity contribution in [3.63, 3.8) is 0 Å². The summed E-state index contributed by atoms with van der Waals surface area (Å²) in [6.07, 6.45) is 15.3. The van der Waals surface area contributed by atoms with Gasteiger partial charge in [0.05, 0.1) is 11.7 Å². The maximum Gasteiger partial charge on any atom is 0.0706 e. The molecule has 2 N–H and O–H groups in total. The van der Waals surface area contributed by atoms with Crippen molar-refractivity contribution in [2.45, 2.75) is 95.2 Å². The second-order valence-corrected chi connectivity index (χ2v) is 6.56. The van der Waals surface area contributed by atoms with E-state index in [1.807, 2.05) is 0 Å². The molecule has 0 heterocycles. The van der Waals surface area contributed by atoms with Crippen LogP contribution in [-0.2, 0) is 0 Å². The van der Waals surface area contributed by atoms with Crippen molar-refractivity contribution in [1.29, 1.82) is 0 Å². The zero-order chi connectivity index (χ0) is 12.8. The van der Waals surface area contributed by atoms with Gasteiger partial charge in [0.2, 0.25) is 0 Å². The topological polar surface area (TPSA) is 40.5 Å². The predicted octanol–water partition coefficient (Wildman–Crippen LogP) is 3.79. The normalized spacial score (nSPS) is 40.3. The fraction of sp³-hybridized carbons (Fsp3) is 1.00. The minimum absolute atomic E-state index is 0.183. The van der Waals surface area contributed by atoms with E-state index in [4.69, 9.17) is 0 Å². The first-order valence-corrected chi connectivity index (χ1v) is 8.13. The molecular formula is C16H30O2. The first-order valence-electron chi connectivity index (χ1n) is 8.13. The van der Waals surface area contributed by atoms with Crippen LogP contribution < -0.4 is 0 Å². The fourth-order valence-corrected chi connectivity index (χ4v) is 3.50. The van der Waals surface area contributed by atoms with Gasteiger partial charge in [-0.1, -0.05) is 64.2 Å². The first-order chi connectivity index (χ1) is 8.72. The highest BCUT2D eigenvalue weighted by molar-refractivity contribution is 5.06. The number of hydrogen-bond donors (Lipinski definition) is 2. The van der Waals surface area contributed by atoms with Crippen LogP contribution in [0.3, 0.4) is 0 Å². The van der Waals surface area contributed by atoms with E-state index in [0.29, 0.717) is 0 Å². The Balaban J connectivity index is 1.75. The summed E-state index contributed by atoms with van der Waals surface area (Å²) in [7, 11) is 0. The number of rotatable bonds is 0. The second kappa shape index (κ2) is 6.91. The maximum absolute atomic E-state index is 10.3. The molecule has 2 aliphatic rings. The molecule has 0 aromatic heterocycles. The molecule has 0 aliphatic heterocycles. The minimum Gasteiger partial charge on any atom is -0.393 e. The maximum atomic E-state index is 10.3. The van der Waals surface area contributed by atoms with Crippen LogP contribution in [0.2, 0.25) is 0 Å². The molecule has 2 fully saturated rings. The van der Waals surface area contributed by atoms with Gasteiger partial charge in [0, 0.05) is 5.92 Å². The molecule has 0 spiro atoms. The predicted molar refractivity (Wildman–Crippen MR) is 74.5 cm³/mol. The van der Waals surface area contributed by atoms with Gasteiger partial charge in [-0.05, 0) is 19.3 Å². The molecule has 3 atom stereocenters. The summed E-state index contributed by atoms with van der Waals surface area (Å²) in [6.45, 7) is 0. The van der Waals surface area contributed by atoms with Crippen molar-refractivity contribution in [1.82, 2.24) is 0 Å². The van der Waals surface area contributed by atoms with E-state index < -0.39 is 5.60 Å². The van der Waals surface area contributed by atoms with Crippen molar-refractivity contribution in [3.8, 4) is 0 Å². The Morgan fingerprint density at radius 3 is 1.83 bits per heavy atom. The number of hydrogen-bond acceptors (Lipinski definition) is 2. The van der Waals surface area contributed by atoms with Gasteiger partial charge in [0.1, 0.15) is 0 Å². The van der Waals surface area contributed by atoms with Crippen molar-refractivity contribution in [2.75, 3.05) is 0 Å². The number of aliphatic hydroxyl groups is 2. The van der Waals surface area contributed by atoms with Gasteiger partial charge >= 0.3 is 0 Å². The molecule has 0 radical (unpaired) electrons. The van der Waals surface area contributed by atoms with Crippen LogP contribution in [0.1, 0.15) is 83.5 Å². The molecule has 0 aromatic carbocycles. The van der Waals surface area contributed by atoms with E-state index in [1.54, 1.807) is 0 Å². The molecule has 2 rings (SSSR count). The van der Waals surface area contributed by atoms with Gasteiger partial charge in [-0.2, -0.15) is 0 Å². The lowest BCUT2D eigenvalue weighted by Crippen LogP contribution is -2.20. The van der Waals surface area contributed by atoms with Gasteiger partial charge in [-0.25, -0.2) is 0 Å². The third kappa shape index (κ3) is 4.24. The van der Waals surface area contributed by atoms with E-state index >= 15 is 0 Å². The monoisotopic (exact) mass is 254 g/mol. The Morgan fingerprint density at radius 2 is 1.22 bits per heavy atom. The Labute approximate surface area is 112 Å². The van der Waals surface area contributed by atoms with Crippen molar-refractivity contribution >= 4 is 0 Å². The fourth-order valence-electron chi connectivity index (χ4n) is 3.50. The summed E-state index contributed by atoms with van der Waals surface area (Å²) < 4.78 is 0. The van der Waals surface area contributed by atoms with Gasteiger partial charge in [-0.3, -0.25) is 0 Å². The molecule has 18 heavy (non-hydrogen) atoms. The van der Waals surface area contributed by atoms with Gasteiger partial charge in [0.25, 0.3) is 0 Å². The van der Waals surface area contributed by atoms with Crippen molar-refractivity contribution in [3.05, 3.63) is 0 Å². The number of fused-ring (bicyclic) bond motifs is 1. The third-order valence-electron chi connectivity index (χ3n) is 4.93. The standard InChI is InChI=1S/C16H30O2/c17-15-11-9-7-5-3-1-2-4-6-8-10-12-16(18)13-14(15)16/h14-15,17-18H,1-13H2/t14-,15?,16+/m0/s1. The molecular weight excluding hydrogens is 224 g/mol. The van der Waals surface area contributed by atoms with E-state index in [0.717, 1.165) is 32.1 Å². The quantitative estimate of drug-likeness (QED) is 0.690. The Morgan fingerprint density at radius 1 is 0.722 bits per heavy atom. The van der Waals surface area contributed by atoms with Crippen LogP contribution in [0, 0.1) is 5.92 Å². The van der Waals surface area contributed by atoms with E-state index in [9.17, 15) is 10.2 Å². The van der Waals surface area contributed by atoms with Gasteiger partial charge < -0.3 is 10.2 Å². The molecule has 2 aliphatic carbocycles. The Hall–Kier alpha value is -0.0800. The zero-order valence-electron chi connectivity index (χ0n) is 11.7. The van der Waals surface area contributed by atoms with E-state index in [1.165, 1.54) is 51.4 Å². The molecule has 0 bridgehead atoms. The average molecular weight is 254 g/mol. The SMILES string of the molecule is OC1CCCCCCCCCCCC[C@@]2(O)C[C@@H]12. The molecule has 2 heteroatoms. The van der Waals surface area contributed by atoms with Gasteiger partial charge in [-0.15, -0.1) is 0 Å². The molecule has 2 nitrogen and oxygen atoms in total. The zero-order valence-corrected chi connectivity index (χ0v) is 11.7. The summed E-state index contributed by atoms with van der Waals surface area (Å²) in [5, 5.41) is 20.4. The van der Waals surface area contributed by atoms with Crippen LogP contribution in [0.25, 0.3) is 0 Å². The largest absolute Gasteiger partial charge is 0.393 e. The van der Waals surface area contributed by atoms with Crippen LogP contribution >= 0.6 is 0 Å². The summed E-state index contributed by atoms with van der Waals surface area (Å²) in [6, 6.07) is 0. The Kier molecular flexibility index (Phi) is 5.50. The molecule has 2 saturated carbocycles. The van der Waals surface area contributed by atoms with E-state index in [-0.39, 0.29) is 12.0 Å². The highest BCUT2D eigenvalue weighted by Gasteiger charge is 2.55. The molecule has 0 amide bonds. The molecule has 106 valence electrons. The highest BCUT2D eigenvalue weighted by Crippen LogP contribution is 2.50. The highest BCUT2D eigenvalue weighted by atomic mass is 16.3. The van der Waals surface area contributed by atoms with Crippen LogP contribution in [0.15, 0.2) is 0 Å². The summed E-state index contributed by atoms with van der Waals surface area (Å²) >= 11 is 0. The van der Waals surface area contributed by atoms with Crippen molar-refractivity contribution < 1.29 is 10.2 Å². The lowest BCUT2D eigenvalue weighted by molar-refractivity contribution is 0.0586. The smallest absolute Gasteiger partial charge is 0.0706 e.